The van der Waals surface area contributed by atoms with Crippen LogP contribution in [-0.4, -0.2) is 134 Å². The molecule has 0 radical (unpaired) electrons. The zero-order valence-electron chi connectivity index (χ0n) is 36.8. The van der Waals surface area contributed by atoms with Crippen LogP contribution in [0.15, 0.2) is 71.8 Å². The summed E-state index contributed by atoms with van der Waals surface area (Å²) in [5, 5.41) is 12.5. The standard InChI is InChI=1S/C29H29ClFN5O3.C12H15FN2O3S.C2HF3O.CH4O/c1-29(2,3)39-28(37)36-17-11-12-18(36)15-35(14-17)26-20-13-32-24(23(31)25(20)33-27(34-26)38-4)19-9-5-7-16-8-6-10-21(30)22(16)19;1-15-7-6-10(8-15)14-12(16)9-2-4-11(5-3-9)19(13,17)18;3-2(4,5)1-6;1-2/h5-10,13,17-18H,11-12,14-15H2,1-4H3;2-5,10H,6-8H2,1H3,(H,14,16);1H;2H,1H3. The first-order valence-electron chi connectivity index (χ1n) is 20.4. The summed E-state index contributed by atoms with van der Waals surface area (Å²) in [7, 11) is -0.276. The van der Waals surface area contributed by atoms with Crippen LogP contribution in [0.25, 0.3) is 32.9 Å². The van der Waals surface area contributed by atoms with E-state index in [1.54, 1.807) is 18.3 Å². The largest absolute Gasteiger partial charge is 0.467 e. The second-order valence-corrected chi connectivity index (χ2v) is 18.1. The van der Waals surface area contributed by atoms with Crippen LogP contribution < -0.4 is 15.0 Å². The second-order valence-electron chi connectivity index (χ2n) is 16.4. The number of amides is 2. The maximum absolute atomic E-state index is 16.2. The van der Waals surface area contributed by atoms with E-state index in [4.69, 9.17) is 31.0 Å². The van der Waals surface area contributed by atoms with Crippen LogP contribution >= 0.6 is 11.6 Å². The van der Waals surface area contributed by atoms with Crippen molar-refractivity contribution in [1.82, 2.24) is 30.1 Å². The molecule has 66 heavy (non-hydrogen) atoms. The number of aliphatic hydroxyl groups is 1. The highest BCUT2D eigenvalue weighted by atomic mass is 35.5. The van der Waals surface area contributed by atoms with Crippen molar-refractivity contribution >= 4 is 67.6 Å². The number of likely N-dealkylation sites (N-methyl/N-ethyl adjacent to an activating group) is 1. The number of benzene rings is 3. The average Bonchev–Trinajstić information content (AvgIpc) is 3.81. The molecule has 2 amide bonds. The number of carbonyl (C=O) groups excluding carboxylic acids is 3. The Morgan fingerprint density at radius 3 is 2.08 bits per heavy atom. The third kappa shape index (κ3) is 12.6. The molecular formula is C44H49ClF5N7O8S. The summed E-state index contributed by atoms with van der Waals surface area (Å²) in [6, 6.07) is 16.0. The lowest BCUT2D eigenvalue weighted by atomic mass is 10.0. The summed E-state index contributed by atoms with van der Waals surface area (Å²) in [5.74, 6) is -0.313. The lowest BCUT2D eigenvalue weighted by molar-refractivity contribution is -0.156. The number of aliphatic hydroxyl groups excluding tert-OH is 1. The van der Waals surface area contributed by atoms with E-state index in [1.165, 1.54) is 19.2 Å². The van der Waals surface area contributed by atoms with Crippen molar-refractivity contribution in [2.45, 2.75) is 74.8 Å². The van der Waals surface area contributed by atoms with Crippen LogP contribution in [0.2, 0.25) is 5.02 Å². The van der Waals surface area contributed by atoms with Crippen molar-refractivity contribution in [2.24, 2.45) is 0 Å². The van der Waals surface area contributed by atoms with Gasteiger partial charge in [0.15, 0.2) is 5.82 Å². The predicted molar refractivity (Wildman–Crippen MR) is 237 cm³/mol. The van der Waals surface area contributed by atoms with Crippen molar-refractivity contribution in [3.63, 3.8) is 0 Å². The third-order valence-electron chi connectivity index (χ3n) is 10.6. The van der Waals surface area contributed by atoms with E-state index in [0.717, 1.165) is 62.4 Å². The molecule has 3 unspecified atom stereocenters. The highest BCUT2D eigenvalue weighted by molar-refractivity contribution is 7.86. The van der Waals surface area contributed by atoms with Crippen LogP contribution in [0.1, 0.15) is 50.4 Å². The van der Waals surface area contributed by atoms with Crippen molar-refractivity contribution < 1.29 is 58.8 Å². The van der Waals surface area contributed by atoms with Gasteiger partial charge in [-0.3, -0.25) is 19.5 Å². The Labute approximate surface area is 383 Å². The number of aromatic nitrogens is 3. The number of rotatable bonds is 6. The van der Waals surface area contributed by atoms with E-state index < -0.39 is 39.0 Å². The minimum Gasteiger partial charge on any atom is -0.467 e. The number of alkyl halides is 3. The van der Waals surface area contributed by atoms with Crippen LogP contribution in [0.4, 0.5) is 32.1 Å². The van der Waals surface area contributed by atoms with Crippen molar-refractivity contribution in [2.75, 3.05) is 52.3 Å². The summed E-state index contributed by atoms with van der Waals surface area (Å²) in [4.78, 5) is 52.7. The number of carbonyl (C=O) groups is 3. The quantitative estimate of drug-likeness (QED) is 0.0978. The number of fused-ring (bicyclic) bond motifs is 4. The third-order valence-corrected chi connectivity index (χ3v) is 11.7. The SMILES string of the molecule is CN1CCC(NC(=O)c2ccc(S(=O)(=O)F)cc2)C1.CO.COc1nc(N2CC3CCC(C2)N3C(=O)OC(C)(C)C)c2cnc(-c3cccc4cccc(Cl)c34)c(F)c2n1.O=CC(F)(F)F. The van der Waals surface area contributed by atoms with Crippen LogP contribution in [0.5, 0.6) is 6.01 Å². The number of piperazine rings is 1. The number of nitrogens with one attached hydrogen (secondary N) is 1. The van der Waals surface area contributed by atoms with Crippen molar-refractivity contribution in [1.29, 1.82) is 0 Å². The van der Waals surface area contributed by atoms with Crippen LogP contribution in [0.3, 0.4) is 0 Å². The molecule has 2 N–H and O–H groups in total. The summed E-state index contributed by atoms with van der Waals surface area (Å²) in [5.41, 5.74) is 0.608. The number of methoxy groups -OCH3 is 1. The van der Waals surface area contributed by atoms with E-state index in [2.05, 4.69) is 30.1 Å². The molecule has 15 nitrogen and oxygen atoms in total. The number of likely N-dealkylation sites (tertiary alicyclic amines) is 1. The number of hydrogen-bond acceptors (Lipinski definition) is 13. The maximum atomic E-state index is 16.2. The normalized spacial score (nSPS) is 18.3. The van der Waals surface area contributed by atoms with Gasteiger partial charge in [0, 0.05) is 60.5 Å². The highest BCUT2D eigenvalue weighted by Gasteiger charge is 2.45. The van der Waals surface area contributed by atoms with Crippen molar-refractivity contribution in [3.05, 3.63) is 83.3 Å². The Morgan fingerprint density at radius 2 is 1.55 bits per heavy atom. The van der Waals surface area contributed by atoms with E-state index in [1.807, 2.05) is 57.0 Å². The molecule has 5 aromatic rings. The summed E-state index contributed by atoms with van der Waals surface area (Å²) in [6.45, 7) is 8.40. The number of pyridine rings is 1. The Morgan fingerprint density at radius 1 is 0.939 bits per heavy atom. The van der Waals surface area contributed by atoms with Gasteiger partial charge in [-0.2, -0.15) is 31.6 Å². The number of aldehydes is 1. The molecule has 3 atom stereocenters. The zero-order chi connectivity index (χ0) is 48.7. The molecule has 8 rings (SSSR count). The van der Waals surface area contributed by atoms with Gasteiger partial charge in [-0.05, 0) is 89.3 Å². The fourth-order valence-corrected chi connectivity index (χ4v) is 8.56. The maximum Gasteiger partial charge on any atom is 0.446 e. The topological polar surface area (TPSA) is 184 Å². The molecular weight excluding hydrogens is 917 g/mol. The lowest BCUT2D eigenvalue weighted by Crippen LogP contribution is -2.57. The average molecular weight is 966 g/mol. The van der Waals surface area contributed by atoms with Gasteiger partial charge in [0.05, 0.1) is 29.5 Å². The van der Waals surface area contributed by atoms with Gasteiger partial charge >= 0.3 is 28.5 Å². The Hall–Kier alpha value is -5.77. The van der Waals surface area contributed by atoms with Gasteiger partial charge in [0.1, 0.15) is 22.6 Å². The predicted octanol–water partition coefficient (Wildman–Crippen LogP) is 7.37. The van der Waals surface area contributed by atoms with E-state index in [9.17, 15) is 35.1 Å². The molecule has 0 spiro atoms. The van der Waals surface area contributed by atoms with Crippen LogP contribution in [0, 0.1) is 5.82 Å². The molecule has 3 fully saturated rings. The molecule has 3 saturated heterocycles. The van der Waals surface area contributed by atoms with Gasteiger partial charge in [-0.15, -0.1) is 3.89 Å². The van der Waals surface area contributed by atoms with Gasteiger partial charge in [-0.25, -0.2) is 9.18 Å². The molecule has 2 bridgehead atoms. The fourth-order valence-electron chi connectivity index (χ4n) is 7.81. The Balaban J connectivity index is 0.000000251. The number of hydrogen-bond donors (Lipinski definition) is 2. The van der Waals surface area contributed by atoms with Gasteiger partial charge in [0.25, 0.3) is 5.91 Å². The molecule has 22 heteroatoms. The van der Waals surface area contributed by atoms with Crippen molar-refractivity contribution in [3.8, 4) is 17.3 Å². The van der Waals surface area contributed by atoms with Gasteiger partial charge in [0.2, 0.25) is 6.29 Å². The molecule has 0 aliphatic carbocycles. The zero-order valence-corrected chi connectivity index (χ0v) is 38.3. The first-order chi connectivity index (χ1) is 31.1. The minimum atomic E-state index is -4.71. The van der Waals surface area contributed by atoms with Gasteiger partial charge < -0.3 is 29.7 Å². The smallest absolute Gasteiger partial charge is 0.446 e. The number of ether oxygens (including phenoxy) is 2. The summed E-state index contributed by atoms with van der Waals surface area (Å²) >= 11 is 6.52. The monoisotopic (exact) mass is 965 g/mol. The summed E-state index contributed by atoms with van der Waals surface area (Å²) in [6.07, 6.45) is -1.78. The first kappa shape index (κ1) is 51.2. The second kappa shape index (κ2) is 21.2. The first-order valence-corrected chi connectivity index (χ1v) is 22.2. The highest BCUT2D eigenvalue weighted by Crippen LogP contribution is 2.39. The van der Waals surface area contributed by atoms with Gasteiger partial charge in [-0.1, -0.05) is 41.9 Å². The molecule has 3 aliphatic heterocycles. The minimum absolute atomic E-state index is 0.0375. The van der Waals surface area contributed by atoms with E-state index in [-0.39, 0.29) is 47.3 Å². The molecule has 3 aliphatic rings. The molecule has 0 saturated carbocycles. The molecule has 3 aromatic carbocycles. The van der Waals surface area contributed by atoms with Crippen LogP contribution in [-0.2, 0) is 19.8 Å². The number of nitrogens with zero attached hydrogens (tertiary/aromatic N) is 6. The van der Waals surface area contributed by atoms with E-state index >= 15 is 4.39 Å². The summed E-state index contributed by atoms with van der Waals surface area (Å²) < 4.78 is 92.5. The molecule has 5 heterocycles. The Kier molecular flexibility index (Phi) is 16.5. The number of halogens is 6. The van der Waals surface area contributed by atoms with E-state index in [0.29, 0.717) is 40.4 Å². The number of anilines is 1. The lowest BCUT2D eigenvalue weighted by Gasteiger charge is -2.42. The molecule has 2 aromatic heterocycles. The Bertz CT molecular complexity index is 2640. The fraction of sp³-hybridized carbons (Fsp3) is 0.409. The molecule has 356 valence electrons.